The number of ether oxygens (including phenoxy) is 2. The van der Waals surface area contributed by atoms with Crippen LogP contribution in [0, 0.1) is 0 Å². The fourth-order valence-electron chi connectivity index (χ4n) is 2.44. The van der Waals surface area contributed by atoms with Gasteiger partial charge >= 0.3 is 5.97 Å². The molecule has 0 unspecified atom stereocenters. The smallest absolute Gasteiger partial charge is 0.348 e. The van der Waals surface area contributed by atoms with Crippen LogP contribution in [0.1, 0.15) is 33.2 Å². The van der Waals surface area contributed by atoms with E-state index < -0.39 is 11.9 Å². The summed E-state index contributed by atoms with van der Waals surface area (Å²) in [7, 11) is 1.58. The van der Waals surface area contributed by atoms with Gasteiger partial charge in [-0.05, 0) is 43.5 Å². The van der Waals surface area contributed by atoms with Crippen molar-refractivity contribution in [3.05, 3.63) is 39.4 Å². The van der Waals surface area contributed by atoms with Crippen LogP contribution in [-0.2, 0) is 0 Å². The number of carbonyl (C=O) groups excluding carboxylic acids is 1. The highest BCUT2D eigenvalue weighted by atomic mass is 32.1. The molecule has 136 valence electrons. The summed E-state index contributed by atoms with van der Waals surface area (Å²) in [6.07, 6.45) is -0.124. The summed E-state index contributed by atoms with van der Waals surface area (Å²) in [5.41, 5.74) is 0.276. The van der Waals surface area contributed by atoms with Gasteiger partial charge in [0.15, 0.2) is 5.75 Å². The van der Waals surface area contributed by atoms with Crippen molar-refractivity contribution in [2.45, 2.75) is 20.0 Å². The number of benzene rings is 1. The minimum Gasteiger partial charge on any atom is -0.497 e. The molecule has 0 saturated heterocycles. The SMILES string of the molecule is COc1ccc2sc(C(=O)Nc3ccsc3C(=O)O)c(OC(C)C)c2c1. The number of hydrogen-bond donors (Lipinski definition) is 2. The van der Waals surface area contributed by atoms with Crippen molar-refractivity contribution in [3.8, 4) is 11.5 Å². The Bertz CT molecular complexity index is 973. The van der Waals surface area contributed by atoms with Gasteiger partial charge in [0.1, 0.15) is 15.5 Å². The average Bonchev–Trinajstić information content (AvgIpc) is 3.19. The molecule has 6 nitrogen and oxygen atoms in total. The molecule has 1 aromatic carbocycles. The van der Waals surface area contributed by atoms with Gasteiger partial charge in [0.2, 0.25) is 0 Å². The molecular formula is C18H17NO5S2. The van der Waals surface area contributed by atoms with Crippen LogP contribution in [0.25, 0.3) is 10.1 Å². The highest BCUT2D eigenvalue weighted by Crippen LogP contribution is 2.40. The first-order valence-electron chi connectivity index (χ1n) is 7.80. The van der Waals surface area contributed by atoms with Crippen LogP contribution in [0.2, 0.25) is 0 Å². The Labute approximate surface area is 158 Å². The number of carbonyl (C=O) groups is 2. The first-order valence-corrected chi connectivity index (χ1v) is 9.49. The molecule has 0 fully saturated rings. The molecule has 0 aliphatic carbocycles. The van der Waals surface area contributed by atoms with Crippen LogP contribution in [0.15, 0.2) is 29.6 Å². The maximum Gasteiger partial charge on any atom is 0.348 e. The van der Waals surface area contributed by atoms with Crippen molar-refractivity contribution in [1.82, 2.24) is 0 Å². The van der Waals surface area contributed by atoms with E-state index >= 15 is 0 Å². The lowest BCUT2D eigenvalue weighted by atomic mass is 10.2. The number of nitrogens with one attached hydrogen (secondary N) is 1. The number of fused-ring (bicyclic) bond motifs is 1. The van der Waals surface area contributed by atoms with E-state index in [0.29, 0.717) is 16.4 Å². The molecule has 0 bridgehead atoms. The van der Waals surface area contributed by atoms with Crippen LogP contribution >= 0.6 is 22.7 Å². The number of aromatic carboxylic acids is 1. The molecule has 0 aliphatic heterocycles. The van der Waals surface area contributed by atoms with Crippen molar-refractivity contribution in [3.63, 3.8) is 0 Å². The van der Waals surface area contributed by atoms with Crippen LogP contribution in [-0.4, -0.2) is 30.2 Å². The molecule has 2 N–H and O–H groups in total. The van der Waals surface area contributed by atoms with E-state index in [4.69, 9.17) is 9.47 Å². The lowest BCUT2D eigenvalue weighted by molar-refractivity contribution is 0.0703. The van der Waals surface area contributed by atoms with Gasteiger partial charge in [-0.1, -0.05) is 0 Å². The molecule has 0 saturated carbocycles. The molecule has 0 atom stereocenters. The Balaban J connectivity index is 2.03. The van der Waals surface area contributed by atoms with Crippen molar-refractivity contribution in [2.24, 2.45) is 0 Å². The second-order valence-electron chi connectivity index (χ2n) is 5.71. The lowest BCUT2D eigenvalue weighted by Gasteiger charge is -2.11. The van der Waals surface area contributed by atoms with E-state index in [1.54, 1.807) is 18.6 Å². The number of rotatable bonds is 6. The fourth-order valence-corrected chi connectivity index (χ4v) is 4.13. The third-order valence-electron chi connectivity index (χ3n) is 3.52. The zero-order chi connectivity index (χ0) is 18.8. The van der Waals surface area contributed by atoms with Gasteiger partial charge in [-0.2, -0.15) is 0 Å². The number of carboxylic acid groups (broad SMARTS) is 1. The normalized spacial score (nSPS) is 10.9. The summed E-state index contributed by atoms with van der Waals surface area (Å²) in [6.45, 7) is 3.76. The fraction of sp³-hybridized carbons (Fsp3) is 0.222. The maximum atomic E-state index is 12.8. The van der Waals surface area contributed by atoms with Crippen LogP contribution in [0.4, 0.5) is 5.69 Å². The van der Waals surface area contributed by atoms with Crippen LogP contribution < -0.4 is 14.8 Å². The number of thiophene rings is 2. The van der Waals surface area contributed by atoms with E-state index in [-0.39, 0.29) is 16.7 Å². The predicted octanol–water partition coefficient (Wildman–Crippen LogP) is 4.71. The minimum absolute atomic E-state index is 0.0902. The zero-order valence-corrected chi connectivity index (χ0v) is 16.0. The monoisotopic (exact) mass is 391 g/mol. The third kappa shape index (κ3) is 3.51. The summed E-state index contributed by atoms with van der Waals surface area (Å²) in [4.78, 5) is 24.5. The third-order valence-corrected chi connectivity index (χ3v) is 5.57. The summed E-state index contributed by atoms with van der Waals surface area (Å²) in [5, 5.41) is 14.3. The van der Waals surface area contributed by atoms with Gasteiger partial charge in [0, 0.05) is 10.1 Å². The van der Waals surface area contributed by atoms with Crippen molar-refractivity contribution < 1.29 is 24.2 Å². The van der Waals surface area contributed by atoms with Crippen molar-refractivity contribution >= 4 is 50.3 Å². The number of hydrogen-bond acceptors (Lipinski definition) is 6. The first kappa shape index (κ1) is 18.2. The Morgan fingerprint density at radius 2 is 1.96 bits per heavy atom. The van der Waals surface area contributed by atoms with E-state index in [1.165, 1.54) is 11.3 Å². The topological polar surface area (TPSA) is 84.9 Å². The molecule has 2 aromatic heterocycles. The maximum absolute atomic E-state index is 12.8. The standard InChI is InChI=1S/C18H17NO5S2/c1-9(2)24-14-11-8-10(23-3)4-5-13(11)26-16(14)17(20)19-12-6-7-25-15(12)18(21)22/h4-9H,1-3H3,(H,19,20)(H,21,22). The van der Waals surface area contributed by atoms with Crippen molar-refractivity contribution in [2.75, 3.05) is 12.4 Å². The molecule has 2 heterocycles. The molecular weight excluding hydrogens is 374 g/mol. The van der Waals surface area contributed by atoms with Gasteiger partial charge in [-0.3, -0.25) is 4.79 Å². The van der Waals surface area contributed by atoms with Gasteiger partial charge in [0.05, 0.1) is 18.9 Å². The van der Waals surface area contributed by atoms with Gasteiger partial charge < -0.3 is 19.9 Å². The molecule has 26 heavy (non-hydrogen) atoms. The minimum atomic E-state index is -1.07. The van der Waals surface area contributed by atoms with E-state index in [1.807, 2.05) is 32.0 Å². The summed E-state index contributed by atoms with van der Waals surface area (Å²) >= 11 is 2.35. The first-order chi connectivity index (χ1) is 12.4. The molecule has 3 rings (SSSR count). The van der Waals surface area contributed by atoms with E-state index in [2.05, 4.69) is 5.32 Å². The molecule has 0 spiro atoms. The van der Waals surface area contributed by atoms with Gasteiger partial charge in [-0.15, -0.1) is 22.7 Å². The predicted molar refractivity (Wildman–Crippen MR) is 103 cm³/mol. The zero-order valence-electron chi connectivity index (χ0n) is 14.4. The molecule has 8 heteroatoms. The van der Waals surface area contributed by atoms with E-state index in [0.717, 1.165) is 21.4 Å². The van der Waals surface area contributed by atoms with Gasteiger partial charge in [-0.25, -0.2) is 4.79 Å². The molecule has 1 amide bonds. The molecule has 0 radical (unpaired) electrons. The largest absolute Gasteiger partial charge is 0.497 e. The van der Waals surface area contributed by atoms with Crippen LogP contribution in [0.3, 0.4) is 0 Å². The Hall–Kier alpha value is -2.58. The lowest BCUT2D eigenvalue weighted by Crippen LogP contribution is -2.15. The quantitative estimate of drug-likeness (QED) is 0.636. The second-order valence-corrected chi connectivity index (χ2v) is 7.68. The number of amides is 1. The second kappa shape index (κ2) is 7.35. The van der Waals surface area contributed by atoms with Crippen molar-refractivity contribution in [1.29, 1.82) is 0 Å². The Kier molecular flexibility index (Phi) is 5.15. The van der Waals surface area contributed by atoms with Gasteiger partial charge in [0.25, 0.3) is 5.91 Å². The molecule has 3 aromatic rings. The summed E-state index contributed by atoms with van der Waals surface area (Å²) in [6, 6.07) is 7.09. The van der Waals surface area contributed by atoms with E-state index in [9.17, 15) is 14.7 Å². The Morgan fingerprint density at radius 1 is 1.19 bits per heavy atom. The summed E-state index contributed by atoms with van der Waals surface area (Å²) < 4.78 is 12.0. The van der Waals surface area contributed by atoms with Crippen LogP contribution in [0.5, 0.6) is 11.5 Å². The number of methoxy groups -OCH3 is 1. The Morgan fingerprint density at radius 3 is 2.62 bits per heavy atom. The summed E-state index contributed by atoms with van der Waals surface area (Å²) in [5.74, 6) is -0.331. The highest BCUT2D eigenvalue weighted by Gasteiger charge is 2.23. The highest BCUT2D eigenvalue weighted by molar-refractivity contribution is 7.21. The number of carboxylic acids is 1. The average molecular weight is 391 g/mol. The number of anilines is 1. The molecule has 0 aliphatic rings.